The molecule has 0 spiro atoms. The number of hydrogen-bond acceptors (Lipinski definition) is 2. The van der Waals surface area contributed by atoms with Crippen molar-refractivity contribution in [3.05, 3.63) is 35.4 Å². The van der Waals surface area contributed by atoms with Crippen molar-refractivity contribution >= 4 is 5.91 Å². The molecule has 21 heavy (non-hydrogen) atoms. The third-order valence-electron chi connectivity index (χ3n) is 4.28. The summed E-state index contributed by atoms with van der Waals surface area (Å²) in [4.78, 5) is 14.3. The van der Waals surface area contributed by atoms with Gasteiger partial charge in [0, 0.05) is 12.6 Å². The van der Waals surface area contributed by atoms with E-state index < -0.39 is 11.6 Å². The summed E-state index contributed by atoms with van der Waals surface area (Å²) in [5.41, 5.74) is -0.148. The fraction of sp³-hybridized carbons (Fsp3) is 0.562. The number of rotatable bonds is 4. The van der Waals surface area contributed by atoms with Crippen molar-refractivity contribution < 1.29 is 13.6 Å². The molecule has 1 atom stereocenters. The molecule has 1 saturated carbocycles. The van der Waals surface area contributed by atoms with E-state index >= 15 is 0 Å². The van der Waals surface area contributed by atoms with Crippen LogP contribution in [-0.2, 0) is 0 Å². The highest BCUT2D eigenvalue weighted by Crippen LogP contribution is 2.30. The second-order valence-corrected chi connectivity index (χ2v) is 6.00. The van der Waals surface area contributed by atoms with Gasteiger partial charge >= 0.3 is 0 Å². The average molecular weight is 294 g/mol. The van der Waals surface area contributed by atoms with Crippen molar-refractivity contribution in [3.63, 3.8) is 0 Å². The van der Waals surface area contributed by atoms with Crippen molar-refractivity contribution in [1.82, 2.24) is 10.2 Å². The molecule has 0 radical (unpaired) electrons. The van der Waals surface area contributed by atoms with Crippen molar-refractivity contribution in [3.8, 4) is 0 Å². The molecule has 1 amide bonds. The van der Waals surface area contributed by atoms with Crippen molar-refractivity contribution in [2.75, 3.05) is 19.6 Å². The molecule has 0 bridgehead atoms. The smallest absolute Gasteiger partial charge is 0.257 e. The molecule has 114 valence electrons. The third kappa shape index (κ3) is 3.23. The van der Waals surface area contributed by atoms with E-state index in [1.165, 1.54) is 12.1 Å². The topological polar surface area (TPSA) is 32.3 Å². The second kappa shape index (κ2) is 6.10. The Morgan fingerprint density at radius 3 is 2.76 bits per heavy atom. The molecule has 1 unspecified atom stereocenters. The molecule has 1 aliphatic carbocycles. The van der Waals surface area contributed by atoms with Gasteiger partial charge in [0.1, 0.15) is 0 Å². The fourth-order valence-corrected chi connectivity index (χ4v) is 2.97. The lowest BCUT2D eigenvalue weighted by Gasteiger charge is -2.30. The first-order chi connectivity index (χ1) is 10.2. The molecule has 5 heteroatoms. The first kappa shape index (κ1) is 14.4. The number of benzene rings is 1. The number of carbonyl (C=O) groups is 1. The van der Waals surface area contributed by atoms with Gasteiger partial charge in [-0.05, 0) is 56.8 Å². The van der Waals surface area contributed by atoms with Crippen molar-refractivity contribution in [2.24, 2.45) is 5.92 Å². The number of carbonyl (C=O) groups excluding carboxylic acids is 1. The molecule has 0 aromatic heterocycles. The Kier molecular flexibility index (Phi) is 4.19. The van der Waals surface area contributed by atoms with Crippen LogP contribution in [0.3, 0.4) is 0 Å². The predicted octanol–water partition coefficient (Wildman–Crippen LogP) is 2.57. The lowest BCUT2D eigenvalue weighted by atomic mass is 9.98. The van der Waals surface area contributed by atoms with Gasteiger partial charge in [-0.1, -0.05) is 6.07 Å². The Labute approximate surface area is 123 Å². The molecule has 1 aromatic rings. The summed E-state index contributed by atoms with van der Waals surface area (Å²) in [5.74, 6) is -1.97. The van der Waals surface area contributed by atoms with Crippen LogP contribution in [0.1, 0.15) is 36.0 Å². The van der Waals surface area contributed by atoms with Gasteiger partial charge in [0.25, 0.3) is 5.91 Å². The Balaban J connectivity index is 1.76. The summed E-state index contributed by atoms with van der Waals surface area (Å²) < 4.78 is 27.2. The van der Waals surface area contributed by atoms with E-state index in [1.54, 1.807) is 4.90 Å². The van der Waals surface area contributed by atoms with E-state index in [0.717, 1.165) is 44.8 Å². The quantitative estimate of drug-likeness (QED) is 0.925. The van der Waals surface area contributed by atoms with Crippen LogP contribution in [0.25, 0.3) is 0 Å². The highest BCUT2D eigenvalue weighted by Gasteiger charge is 2.35. The number of nitrogens with zero attached hydrogens (tertiary/aromatic N) is 1. The molecule has 1 aromatic carbocycles. The summed E-state index contributed by atoms with van der Waals surface area (Å²) >= 11 is 0. The van der Waals surface area contributed by atoms with Crippen LogP contribution in [0, 0.1) is 17.6 Å². The minimum absolute atomic E-state index is 0.148. The molecule has 1 N–H and O–H groups in total. The maximum Gasteiger partial charge on any atom is 0.257 e. The second-order valence-electron chi connectivity index (χ2n) is 6.00. The van der Waals surface area contributed by atoms with E-state index in [-0.39, 0.29) is 17.5 Å². The monoisotopic (exact) mass is 294 g/mol. The van der Waals surface area contributed by atoms with Crippen LogP contribution in [0.2, 0.25) is 0 Å². The largest absolute Gasteiger partial charge is 0.335 e. The highest BCUT2D eigenvalue weighted by molar-refractivity contribution is 5.95. The number of hydrogen-bond donors (Lipinski definition) is 1. The minimum Gasteiger partial charge on any atom is -0.335 e. The van der Waals surface area contributed by atoms with Crippen LogP contribution in [0.4, 0.5) is 8.78 Å². The fourth-order valence-electron chi connectivity index (χ4n) is 2.97. The molecule has 2 fully saturated rings. The van der Waals surface area contributed by atoms with Gasteiger partial charge in [0.2, 0.25) is 0 Å². The Bertz CT molecular complexity index is 525. The van der Waals surface area contributed by atoms with Crippen LogP contribution in [0.5, 0.6) is 0 Å². The molecule has 2 aliphatic rings. The SMILES string of the molecule is O=C(c1cccc(F)c1F)N(CC1CCCNC1)C1CC1. The summed E-state index contributed by atoms with van der Waals surface area (Å²) in [7, 11) is 0. The van der Waals surface area contributed by atoms with Crippen LogP contribution in [-0.4, -0.2) is 36.5 Å². The molecule has 3 rings (SSSR count). The molecular formula is C16H20F2N2O. The van der Waals surface area contributed by atoms with E-state index in [0.29, 0.717) is 12.5 Å². The van der Waals surface area contributed by atoms with Crippen LogP contribution < -0.4 is 5.32 Å². The zero-order chi connectivity index (χ0) is 14.8. The summed E-state index contributed by atoms with van der Waals surface area (Å²) in [6.07, 6.45) is 4.10. The average Bonchev–Trinajstić information content (AvgIpc) is 3.33. The standard InChI is InChI=1S/C16H20F2N2O/c17-14-5-1-4-13(15(14)18)16(21)20(12-6-7-12)10-11-3-2-8-19-9-11/h1,4-5,11-12,19H,2-3,6-10H2. The van der Waals surface area contributed by atoms with Crippen LogP contribution in [0.15, 0.2) is 18.2 Å². The predicted molar refractivity (Wildman–Crippen MR) is 76.0 cm³/mol. The van der Waals surface area contributed by atoms with Gasteiger partial charge in [-0.3, -0.25) is 4.79 Å². The maximum atomic E-state index is 13.8. The lowest BCUT2D eigenvalue weighted by Crippen LogP contribution is -2.42. The first-order valence-electron chi connectivity index (χ1n) is 7.62. The maximum absolute atomic E-state index is 13.8. The Morgan fingerprint density at radius 2 is 2.10 bits per heavy atom. The van der Waals surface area contributed by atoms with Crippen molar-refractivity contribution in [1.29, 1.82) is 0 Å². The summed E-state index contributed by atoms with van der Waals surface area (Å²) in [6.45, 7) is 2.54. The molecule has 3 nitrogen and oxygen atoms in total. The van der Waals surface area contributed by atoms with E-state index in [4.69, 9.17) is 0 Å². The zero-order valence-electron chi connectivity index (χ0n) is 11.9. The van der Waals surface area contributed by atoms with E-state index in [2.05, 4.69) is 5.32 Å². The van der Waals surface area contributed by atoms with Gasteiger partial charge in [-0.25, -0.2) is 8.78 Å². The molecular weight excluding hydrogens is 274 g/mol. The number of amides is 1. The molecule has 1 heterocycles. The minimum atomic E-state index is -1.03. The van der Waals surface area contributed by atoms with E-state index in [1.807, 2.05) is 0 Å². The van der Waals surface area contributed by atoms with Crippen LogP contribution >= 0.6 is 0 Å². The Morgan fingerprint density at radius 1 is 1.29 bits per heavy atom. The van der Waals surface area contributed by atoms with Gasteiger partial charge in [0.05, 0.1) is 5.56 Å². The number of piperidine rings is 1. The van der Waals surface area contributed by atoms with E-state index in [9.17, 15) is 13.6 Å². The zero-order valence-corrected chi connectivity index (χ0v) is 11.9. The highest BCUT2D eigenvalue weighted by atomic mass is 19.2. The van der Waals surface area contributed by atoms with Gasteiger partial charge in [0.15, 0.2) is 11.6 Å². The normalized spacial score (nSPS) is 22.1. The number of nitrogens with one attached hydrogen (secondary N) is 1. The number of halogens is 2. The third-order valence-corrected chi connectivity index (χ3v) is 4.28. The summed E-state index contributed by atoms with van der Waals surface area (Å²) in [5, 5.41) is 3.33. The van der Waals surface area contributed by atoms with Gasteiger partial charge < -0.3 is 10.2 Å². The first-order valence-corrected chi connectivity index (χ1v) is 7.62. The van der Waals surface area contributed by atoms with Gasteiger partial charge in [-0.2, -0.15) is 0 Å². The Hall–Kier alpha value is -1.49. The summed E-state index contributed by atoms with van der Waals surface area (Å²) in [6, 6.07) is 3.99. The lowest BCUT2D eigenvalue weighted by molar-refractivity contribution is 0.0698. The molecule has 1 aliphatic heterocycles. The van der Waals surface area contributed by atoms with Gasteiger partial charge in [-0.15, -0.1) is 0 Å². The molecule has 1 saturated heterocycles. The van der Waals surface area contributed by atoms with Crippen molar-refractivity contribution in [2.45, 2.75) is 31.7 Å².